The maximum Gasteiger partial charge on any atom is 0.279 e. The maximum atomic E-state index is 12.0. The summed E-state index contributed by atoms with van der Waals surface area (Å²) in [4.78, 5) is 23.7. The fraction of sp³-hybridized carbons (Fsp3) is 0.263. The van der Waals surface area contributed by atoms with E-state index >= 15 is 0 Å². The lowest BCUT2D eigenvalue weighted by Crippen LogP contribution is -2.47. The highest BCUT2D eigenvalue weighted by atomic mass is 79.9. The summed E-state index contributed by atoms with van der Waals surface area (Å²) >= 11 is 3.34. The van der Waals surface area contributed by atoms with E-state index in [1.165, 1.54) is 0 Å². The normalized spacial score (nSPS) is 11.3. The number of carbonyl (C=O) groups excluding carboxylic acids is 2. The second-order valence-electron chi connectivity index (χ2n) is 5.52. The fourth-order valence-corrected chi connectivity index (χ4v) is 2.41. The van der Waals surface area contributed by atoms with Gasteiger partial charge in [-0.3, -0.25) is 20.4 Å². The van der Waals surface area contributed by atoms with Gasteiger partial charge in [0.1, 0.15) is 11.5 Å². The van der Waals surface area contributed by atoms with Gasteiger partial charge in [-0.05, 0) is 43.7 Å². The first-order chi connectivity index (χ1) is 12.5. The van der Waals surface area contributed by atoms with Crippen molar-refractivity contribution in [2.45, 2.75) is 25.9 Å². The lowest BCUT2D eigenvalue weighted by molar-refractivity contribution is -0.132. The number of amides is 2. The third kappa shape index (κ3) is 7.14. The van der Waals surface area contributed by atoms with Gasteiger partial charge in [-0.25, -0.2) is 0 Å². The SMILES string of the molecule is CC(Oc1cccc(Br)c1)C(=O)NNC(=O)CCCOc1ccccc1. The molecule has 0 heterocycles. The van der Waals surface area contributed by atoms with Crippen LogP contribution in [0, 0.1) is 0 Å². The maximum absolute atomic E-state index is 12.0. The average molecular weight is 421 g/mol. The minimum absolute atomic E-state index is 0.244. The number of ether oxygens (including phenoxy) is 2. The molecular weight excluding hydrogens is 400 g/mol. The van der Waals surface area contributed by atoms with Crippen LogP contribution in [0.25, 0.3) is 0 Å². The standard InChI is InChI=1S/C19H21BrN2O4/c1-14(26-17-10-5-7-15(20)13-17)19(24)22-21-18(23)11-6-12-25-16-8-3-2-4-9-16/h2-5,7-10,13-14H,6,11-12H2,1H3,(H,21,23)(H,22,24). The van der Waals surface area contributed by atoms with E-state index in [9.17, 15) is 9.59 Å². The third-order valence-corrected chi connectivity index (χ3v) is 3.86. The molecule has 2 rings (SSSR count). The van der Waals surface area contributed by atoms with Gasteiger partial charge < -0.3 is 9.47 Å². The third-order valence-electron chi connectivity index (χ3n) is 3.36. The molecule has 0 radical (unpaired) electrons. The summed E-state index contributed by atoms with van der Waals surface area (Å²) in [5, 5.41) is 0. The fourth-order valence-electron chi connectivity index (χ4n) is 2.03. The van der Waals surface area contributed by atoms with Crippen molar-refractivity contribution in [3.8, 4) is 11.5 Å². The summed E-state index contributed by atoms with van der Waals surface area (Å²) in [5.74, 6) is 0.606. The zero-order chi connectivity index (χ0) is 18.8. The summed E-state index contributed by atoms with van der Waals surface area (Å²) in [6, 6.07) is 16.6. The average Bonchev–Trinajstić information content (AvgIpc) is 2.64. The molecule has 0 aliphatic carbocycles. The second kappa shape index (κ2) is 10.5. The van der Waals surface area contributed by atoms with Crippen molar-refractivity contribution in [2.24, 2.45) is 0 Å². The Morgan fingerprint density at radius 2 is 1.77 bits per heavy atom. The first-order valence-electron chi connectivity index (χ1n) is 8.23. The molecule has 7 heteroatoms. The van der Waals surface area contributed by atoms with Gasteiger partial charge >= 0.3 is 0 Å². The van der Waals surface area contributed by atoms with Crippen molar-refractivity contribution >= 4 is 27.7 Å². The lowest BCUT2D eigenvalue weighted by Gasteiger charge is -2.15. The Labute approximate surface area is 161 Å². The molecule has 0 aliphatic rings. The number of hydrogen-bond donors (Lipinski definition) is 2. The van der Waals surface area contributed by atoms with Crippen LogP contribution >= 0.6 is 15.9 Å². The smallest absolute Gasteiger partial charge is 0.279 e. The van der Waals surface area contributed by atoms with Crippen LogP contribution in [0.3, 0.4) is 0 Å². The first kappa shape index (κ1) is 19.8. The van der Waals surface area contributed by atoms with E-state index in [1.54, 1.807) is 19.1 Å². The van der Waals surface area contributed by atoms with Crippen LogP contribution in [0.5, 0.6) is 11.5 Å². The van der Waals surface area contributed by atoms with Gasteiger partial charge in [0.2, 0.25) is 5.91 Å². The largest absolute Gasteiger partial charge is 0.494 e. The Morgan fingerprint density at radius 1 is 1.04 bits per heavy atom. The quantitative estimate of drug-likeness (QED) is 0.507. The summed E-state index contributed by atoms with van der Waals surface area (Å²) in [5.41, 5.74) is 4.74. The number of halogens is 1. The van der Waals surface area contributed by atoms with E-state index in [0.717, 1.165) is 10.2 Å². The molecule has 2 aromatic carbocycles. The van der Waals surface area contributed by atoms with Gasteiger partial charge in [0.15, 0.2) is 6.10 Å². The molecule has 2 amide bonds. The second-order valence-corrected chi connectivity index (χ2v) is 6.44. The van der Waals surface area contributed by atoms with Gasteiger partial charge in [-0.1, -0.05) is 40.2 Å². The number of rotatable bonds is 8. The number of hydrazine groups is 1. The number of carbonyl (C=O) groups is 2. The highest BCUT2D eigenvalue weighted by Gasteiger charge is 2.15. The van der Waals surface area contributed by atoms with E-state index in [0.29, 0.717) is 18.8 Å². The van der Waals surface area contributed by atoms with Crippen LogP contribution in [0.1, 0.15) is 19.8 Å². The molecule has 1 atom stereocenters. The van der Waals surface area contributed by atoms with E-state index < -0.39 is 12.0 Å². The number of hydrogen-bond acceptors (Lipinski definition) is 4. The molecule has 0 fully saturated rings. The molecule has 1 unspecified atom stereocenters. The van der Waals surface area contributed by atoms with Crippen LogP contribution in [0.2, 0.25) is 0 Å². The summed E-state index contributed by atoms with van der Waals surface area (Å²) in [7, 11) is 0. The number of benzene rings is 2. The number of para-hydroxylation sites is 1. The highest BCUT2D eigenvalue weighted by molar-refractivity contribution is 9.10. The van der Waals surface area contributed by atoms with E-state index in [-0.39, 0.29) is 12.3 Å². The van der Waals surface area contributed by atoms with Crippen LogP contribution in [0.15, 0.2) is 59.1 Å². The van der Waals surface area contributed by atoms with Crippen molar-refractivity contribution in [3.05, 3.63) is 59.1 Å². The number of nitrogens with one attached hydrogen (secondary N) is 2. The Morgan fingerprint density at radius 3 is 2.50 bits per heavy atom. The predicted octanol–water partition coefficient (Wildman–Crippen LogP) is 3.22. The lowest BCUT2D eigenvalue weighted by atomic mass is 10.3. The van der Waals surface area contributed by atoms with Crippen molar-refractivity contribution in [1.82, 2.24) is 10.9 Å². The minimum Gasteiger partial charge on any atom is -0.494 e. The van der Waals surface area contributed by atoms with Crippen molar-refractivity contribution in [1.29, 1.82) is 0 Å². The zero-order valence-electron chi connectivity index (χ0n) is 14.4. The Bertz CT molecular complexity index is 724. The molecule has 2 aromatic rings. The molecule has 0 aliphatic heterocycles. The van der Waals surface area contributed by atoms with Gasteiger partial charge in [0.05, 0.1) is 6.61 Å². The zero-order valence-corrected chi connectivity index (χ0v) is 16.0. The van der Waals surface area contributed by atoms with Gasteiger partial charge in [0.25, 0.3) is 5.91 Å². The molecule has 2 N–H and O–H groups in total. The Hall–Kier alpha value is -2.54. The highest BCUT2D eigenvalue weighted by Crippen LogP contribution is 2.18. The monoisotopic (exact) mass is 420 g/mol. The van der Waals surface area contributed by atoms with E-state index in [2.05, 4.69) is 26.8 Å². The van der Waals surface area contributed by atoms with Crippen LogP contribution in [-0.2, 0) is 9.59 Å². The molecule has 0 spiro atoms. The van der Waals surface area contributed by atoms with Crippen LogP contribution in [-0.4, -0.2) is 24.5 Å². The molecule has 0 saturated heterocycles. The van der Waals surface area contributed by atoms with Crippen LogP contribution in [0.4, 0.5) is 0 Å². The molecule has 26 heavy (non-hydrogen) atoms. The summed E-state index contributed by atoms with van der Waals surface area (Å²) in [6.45, 7) is 2.03. The molecule has 0 saturated carbocycles. The molecule has 0 aromatic heterocycles. The molecular formula is C19H21BrN2O4. The minimum atomic E-state index is -0.744. The molecule has 0 bridgehead atoms. The van der Waals surface area contributed by atoms with Crippen LogP contribution < -0.4 is 20.3 Å². The first-order valence-corrected chi connectivity index (χ1v) is 9.02. The molecule has 138 valence electrons. The Balaban J connectivity index is 1.62. The summed E-state index contributed by atoms with van der Waals surface area (Å²) < 4.78 is 11.9. The predicted molar refractivity (Wildman–Crippen MR) is 102 cm³/mol. The van der Waals surface area contributed by atoms with Crippen molar-refractivity contribution in [2.75, 3.05) is 6.61 Å². The topological polar surface area (TPSA) is 76.7 Å². The van der Waals surface area contributed by atoms with E-state index in [1.807, 2.05) is 42.5 Å². The Kier molecular flexibility index (Phi) is 7.95. The van der Waals surface area contributed by atoms with Gasteiger partial charge in [-0.2, -0.15) is 0 Å². The van der Waals surface area contributed by atoms with Gasteiger partial charge in [-0.15, -0.1) is 0 Å². The van der Waals surface area contributed by atoms with Crippen molar-refractivity contribution in [3.63, 3.8) is 0 Å². The molecule has 6 nitrogen and oxygen atoms in total. The van der Waals surface area contributed by atoms with Crippen molar-refractivity contribution < 1.29 is 19.1 Å². The van der Waals surface area contributed by atoms with Gasteiger partial charge in [0, 0.05) is 10.9 Å². The van der Waals surface area contributed by atoms with E-state index in [4.69, 9.17) is 9.47 Å². The summed E-state index contributed by atoms with van der Waals surface area (Å²) in [6.07, 6.45) is 0.0420.